The van der Waals surface area contributed by atoms with Crippen molar-refractivity contribution in [3.05, 3.63) is 34.7 Å². The maximum absolute atomic E-state index is 10.5. The molecule has 5 fully saturated rings. The van der Waals surface area contributed by atoms with Crippen LogP contribution in [0.5, 0.6) is 0 Å². The lowest BCUT2D eigenvalue weighted by atomic mass is 9.56. The zero-order valence-electron chi connectivity index (χ0n) is 27.3. The Morgan fingerprint density at radius 2 is 1.89 bits per heavy atom. The van der Waals surface area contributed by atoms with Gasteiger partial charge < -0.3 is 29.9 Å². The molecule has 10 nitrogen and oxygen atoms in total. The molecular weight excluding hydrogens is 572 g/mol. The van der Waals surface area contributed by atoms with Crippen molar-refractivity contribution in [3.8, 4) is 0 Å². The summed E-state index contributed by atoms with van der Waals surface area (Å²) in [5, 5.41) is 49.6. The van der Waals surface area contributed by atoms with Crippen molar-refractivity contribution in [1.29, 1.82) is 0 Å². The third kappa shape index (κ3) is 4.60. The maximum atomic E-state index is 10.5. The van der Waals surface area contributed by atoms with Crippen molar-refractivity contribution >= 4 is 0 Å². The largest absolute Gasteiger partial charge is 0.393 e. The van der Waals surface area contributed by atoms with Crippen LogP contribution in [0.4, 0.5) is 0 Å². The van der Waals surface area contributed by atoms with E-state index in [-0.39, 0.29) is 35.9 Å². The molecule has 0 radical (unpaired) electrons. The lowest BCUT2D eigenvalue weighted by Gasteiger charge is -2.49. The fourth-order valence-electron chi connectivity index (χ4n) is 11.4. The van der Waals surface area contributed by atoms with E-state index in [4.69, 9.17) is 9.47 Å². The molecule has 0 amide bonds. The standard InChI is InChI=1S/C35H52N4O6/c1-18-11-29-30(38(14-18)15-22-16-39(37-36-22)33-32(43)31(42)28(41)17-44-33)20(3)35(45-29)10-8-24-25-6-5-21-12-23(40)7-9-34(21,4)27(25)13-26(24)19(35)2/h5,16,18,20,23-25,27-33,40-43H,6-15,17H2,1-4H3/t18-,20+,23-,24-,25-,27-,28-,29+,30-,31?,32+,33+,34-,35-/m0/s1. The van der Waals surface area contributed by atoms with Gasteiger partial charge in [0.1, 0.15) is 18.3 Å². The van der Waals surface area contributed by atoms with Crippen LogP contribution in [0, 0.1) is 35.0 Å². The number of allylic oxidation sites excluding steroid dienone is 2. The Morgan fingerprint density at radius 1 is 1.07 bits per heavy atom. The monoisotopic (exact) mass is 624 g/mol. The van der Waals surface area contributed by atoms with Crippen LogP contribution in [0.2, 0.25) is 0 Å². The van der Waals surface area contributed by atoms with Crippen molar-refractivity contribution in [2.75, 3.05) is 13.2 Å². The fraction of sp³-hybridized carbons (Fsp3) is 0.829. The topological polar surface area (TPSA) is 133 Å². The van der Waals surface area contributed by atoms with Crippen molar-refractivity contribution in [1.82, 2.24) is 19.9 Å². The van der Waals surface area contributed by atoms with Crippen molar-refractivity contribution in [3.63, 3.8) is 0 Å². The average Bonchev–Trinajstić information content (AvgIpc) is 3.70. The summed E-state index contributed by atoms with van der Waals surface area (Å²) in [4.78, 5) is 2.55. The SMILES string of the molecule is CC1=C2C[C@H]3[C@@H](CC=C4C[C@@H](O)CC[C@@]43C)[C@@H]2CC[C@]12O[C@@H]1C[C@H](C)CN(Cc3cn([C@@H]4OC[C@H](O)C(O)[C@H]4O)nn3)[C@H]1[C@H]2C. The highest BCUT2D eigenvalue weighted by atomic mass is 16.5. The molecule has 1 aromatic heterocycles. The van der Waals surface area contributed by atoms with E-state index in [2.05, 4.69) is 49.0 Å². The molecule has 4 heterocycles. The smallest absolute Gasteiger partial charge is 0.180 e. The molecule has 4 N–H and O–H groups in total. The van der Waals surface area contributed by atoms with Crippen molar-refractivity contribution in [2.24, 2.45) is 35.0 Å². The van der Waals surface area contributed by atoms with Gasteiger partial charge in [0, 0.05) is 25.0 Å². The number of rotatable bonds is 3. The van der Waals surface area contributed by atoms with Gasteiger partial charge >= 0.3 is 0 Å². The minimum Gasteiger partial charge on any atom is -0.393 e. The molecule has 3 saturated heterocycles. The van der Waals surface area contributed by atoms with Crippen LogP contribution >= 0.6 is 0 Å². The normalized spacial score (nSPS) is 49.8. The highest BCUT2D eigenvalue weighted by Gasteiger charge is 2.61. The van der Waals surface area contributed by atoms with Gasteiger partial charge in [-0.2, -0.15) is 0 Å². The number of likely N-dealkylation sites (tertiary alicyclic amines) is 1. The second-order valence-electron chi connectivity index (χ2n) is 16.1. The molecule has 1 aromatic rings. The van der Waals surface area contributed by atoms with E-state index in [9.17, 15) is 20.4 Å². The minimum atomic E-state index is -1.29. The van der Waals surface area contributed by atoms with Crippen LogP contribution in [-0.4, -0.2) is 95.6 Å². The van der Waals surface area contributed by atoms with Crippen molar-refractivity contribution < 1.29 is 29.9 Å². The quantitative estimate of drug-likeness (QED) is 0.375. The molecule has 0 bridgehead atoms. The molecule has 1 spiro atoms. The predicted octanol–water partition coefficient (Wildman–Crippen LogP) is 3.12. The highest BCUT2D eigenvalue weighted by molar-refractivity contribution is 5.38. The molecule has 1 unspecified atom stereocenters. The Bertz CT molecular complexity index is 1380. The van der Waals surface area contributed by atoms with Gasteiger partial charge in [-0.3, -0.25) is 4.90 Å². The average molecular weight is 625 g/mol. The van der Waals surface area contributed by atoms with Gasteiger partial charge in [0.05, 0.1) is 36.3 Å². The van der Waals surface area contributed by atoms with Crippen LogP contribution in [0.25, 0.3) is 0 Å². The summed E-state index contributed by atoms with van der Waals surface area (Å²) in [7, 11) is 0. The van der Waals surface area contributed by atoms with Gasteiger partial charge in [-0.25, -0.2) is 4.68 Å². The number of ether oxygens (including phenoxy) is 2. The van der Waals surface area contributed by atoms with E-state index in [1.54, 1.807) is 11.8 Å². The van der Waals surface area contributed by atoms with Gasteiger partial charge in [-0.1, -0.05) is 43.2 Å². The second kappa shape index (κ2) is 10.9. The van der Waals surface area contributed by atoms with Gasteiger partial charge in [0.25, 0.3) is 0 Å². The first-order valence-corrected chi connectivity index (χ1v) is 17.6. The lowest BCUT2D eigenvalue weighted by molar-refractivity contribution is -0.214. The van der Waals surface area contributed by atoms with E-state index in [1.165, 1.54) is 28.7 Å². The van der Waals surface area contributed by atoms with Crippen LogP contribution < -0.4 is 0 Å². The first kappa shape index (κ1) is 30.7. The number of aliphatic hydroxyl groups is 4. The molecule has 2 saturated carbocycles. The molecule has 45 heavy (non-hydrogen) atoms. The zero-order valence-corrected chi connectivity index (χ0v) is 27.3. The van der Waals surface area contributed by atoms with Crippen LogP contribution in [0.15, 0.2) is 29.0 Å². The first-order chi connectivity index (χ1) is 21.5. The minimum absolute atomic E-state index is 0.0698. The molecule has 14 atom stereocenters. The Labute approximate surface area is 266 Å². The molecule has 10 heteroatoms. The third-order valence-electron chi connectivity index (χ3n) is 13.8. The van der Waals surface area contributed by atoms with Crippen molar-refractivity contribution in [2.45, 2.75) is 134 Å². The van der Waals surface area contributed by atoms with E-state index in [1.807, 2.05) is 0 Å². The van der Waals surface area contributed by atoms with Gasteiger partial charge in [0.2, 0.25) is 0 Å². The number of piperidine rings is 1. The Morgan fingerprint density at radius 3 is 2.71 bits per heavy atom. The number of hydrogen-bond acceptors (Lipinski definition) is 9. The summed E-state index contributed by atoms with van der Waals surface area (Å²) < 4.78 is 14.4. The third-order valence-corrected chi connectivity index (χ3v) is 13.8. The summed E-state index contributed by atoms with van der Waals surface area (Å²) >= 11 is 0. The predicted molar refractivity (Wildman–Crippen MR) is 165 cm³/mol. The second-order valence-corrected chi connectivity index (χ2v) is 16.1. The molecule has 8 rings (SSSR count). The maximum Gasteiger partial charge on any atom is 0.180 e. The summed E-state index contributed by atoms with van der Waals surface area (Å²) in [6.45, 7) is 11.1. The number of hydrogen-bond donors (Lipinski definition) is 4. The van der Waals surface area contributed by atoms with E-state index < -0.39 is 24.5 Å². The summed E-state index contributed by atoms with van der Waals surface area (Å²) in [5.41, 5.74) is 5.50. The molecular formula is C35H52N4O6. The van der Waals surface area contributed by atoms with Crippen LogP contribution in [0.3, 0.4) is 0 Å². The molecule has 4 aliphatic carbocycles. The summed E-state index contributed by atoms with van der Waals surface area (Å²) in [6, 6.07) is 0.279. The Kier molecular flexibility index (Phi) is 7.45. The van der Waals surface area contributed by atoms with E-state index in [0.29, 0.717) is 36.1 Å². The zero-order chi connectivity index (χ0) is 31.4. The highest BCUT2D eigenvalue weighted by Crippen LogP contribution is 2.65. The Hall–Kier alpha value is -1.66. The number of fused-ring (bicyclic) bond motifs is 6. The first-order valence-electron chi connectivity index (χ1n) is 17.6. The number of aromatic nitrogens is 3. The molecule has 7 aliphatic rings. The van der Waals surface area contributed by atoms with E-state index in [0.717, 1.165) is 50.8 Å². The summed E-state index contributed by atoms with van der Waals surface area (Å²) in [6.07, 6.45) is 8.30. The van der Waals surface area contributed by atoms with Gasteiger partial charge in [-0.05, 0) is 93.0 Å². The van der Waals surface area contributed by atoms with Crippen LogP contribution in [-0.2, 0) is 16.0 Å². The van der Waals surface area contributed by atoms with Gasteiger partial charge in [-0.15, -0.1) is 5.10 Å². The lowest BCUT2D eigenvalue weighted by Crippen LogP contribution is -2.51. The Balaban J connectivity index is 1.04. The molecule has 0 aromatic carbocycles. The number of nitrogens with zero attached hydrogens (tertiary/aromatic N) is 4. The van der Waals surface area contributed by atoms with Gasteiger partial charge in [0.15, 0.2) is 6.23 Å². The molecule has 3 aliphatic heterocycles. The number of aliphatic hydroxyl groups excluding tert-OH is 4. The molecule has 248 valence electrons. The van der Waals surface area contributed by atoms with Crippen LogP contribution in [0.1, 0.15) is 91.0 Å². The fourth-order valence-corrected chi connectivity index (χ4v) is 11.4. The summed E-state index contributed by atoms with van der Waals surface area (Å²) in [5.74, 6) is 2.88. The van der Waals surface area contributed by atoms with E-state index >= 15 is 0 Å².